The van der Waals surface area contributed by atoms with Gasteiger partial charge in [-0.25, -0.2) is 4.79 Å². The SMILES string of the molecule is COC(=O)N1C=CC2C1[C@H]1C=c3cc4sc5c6cc7ccccc7cc6sc5c4cc3=C[C@@H]21. The van der Waals surface area contributed by atoms with Gasteiger partial charge in [0.1, 0.15) is 0 Å². The molecule has 2 aliphatic carbocycles. The first-order chi connectivity index (χ1) is 16.2. The minimum atomic E-state index is -0.259. The van der Waals surface area contributed by atoms with Gasteiger partial charge in [0, 0.05) is 38.2 Å². The summed E-state index contributed by atoms with van der Waals surface area (Å²) in [5.74, 6) is 1.18. The Balaban J connectivity index is 1.32. The molecule has 2 unspecified atom stereocenters. The van der Waals surface area contributed by atoms with Crippen molar-refractivity contribution in [3.8, 4) is 0 Å². The van der Waals surface area contributed by atoms with Gasteiger partial charge in [-0.3, -0.25) is 4.90 Å². The van der Waals surface area contributed by atoms with Crippen molar-refractivity contribution in [2.24, 2.45) is 17.8 Å². The normalized spacial score (nSPS) is 24.9. The minimum Gasteiger partial charge on any atom is -0.452 e. The largest absolute Gasteiger partial charge is 0.452 e. The van der Waals surface area contributed by atoms with Crippen molar-refractivity contribution in [2.45, 2.75) is 6.04 Å². The number of nitrogens with zero attached hydrogens (tertiary/aromatic N) is 1. The van der Waals surface area contributed by atoms with Crippen LogP contribution in [0.5, 0.6) is 0 Å². The van der Waals surface area contributed by atoms with Crippen molar-refractivity contribution in [1.29, 1.82) is 0 Å². The molecule has 3 heterocycles. The molecule has 3 aliphatic rings. The zero-order valence-electron chi connectivity index (χ0n) is 17.8. The van der Waals surface area contributed by atoms with Crippen LogP contribution in [0.15, 0.2) is 60.8 Å². The second-order valence-electron chi connectivity index (χ2n) is 9.31. The van der Waals surface area contributed by atoms with Crippen LogP contribution in [0.3, 0.4) is 0 Å². The fraction of sp³-hybridized carbons (Fsp3) is 0.179. The molecule has 0 N–H and O–H groups in total. The number of hydrogen-bond donors (Lipinski definition) is 0. The number of ether oxygens (including phenoxy) is 1. The predicted molar refractivity (Wildman–Crippen MR) is 138 cm³/mol. The van der Waals surface area contributed by atoms with Gasteiger partial charge >= 0.3 is 6.09 Å². The average molecular weight is 466 g/mol. The highest BCUT2D eigenvalue weighted by atomic mass is 32.1. The summed E-state index contributed by atoms with van der Waals surface area (Å²) in [7, 11) is 1.46. The lowest BCUT2D eigenvalue weighted by molar-refractivity contribution is 0.0605. The number of hydrogen-bond acceptors (Lipinski definition) is 4. The molecule has 3 aromatic carbocycles. The van der Waals surface area contributed by atoms with Crippen LogP contribution in [0.1, 0.15) is 0 Å². The Morgan fingerprint density at radius 1 is 0.848 bits per heavy atom. The minimum absolute atomic E-state index is 0.187. The lowest BCUT2D eigenvalue weighted by Crippen LogP contribution is -2.57. The van der Waals surface area contributed by atoms with Gasteiger partial charge in [0.25, 0.3) is 0 Å². The molecule has 4 atom stereocenters. The van der Waals surface area contributed by atoms with E-state index in [1.54, 1.807) is 4.90 Å². The third-order valence-electron chi connectivity index (χ3n) is 7.75. The van der Waals surface area contributed by atoms with Gasteiger partial charge in [0.2, 0.25) is 0 Å². The lowest BCUT2D eigenvalue weighted by atomic mass is 9.59. The summed E-state index contributed by atoms with van der Waals surface area (Å²) in [4.78, 5) is 14.0. The number of rotatable bonds is 0. The van der Waals surface area contributed by atoms with Crippen LogP contribution >= 0.6 is 22.7 Å². The molecule has 1 saturated carbocycles. The van der Waals surface area contributed by atoms with Crippen LogP contribution in [0.25, 0.3) is 52.5 Å². The van der Waals surface area contributed by atoms with Crippen LogP contribution in [0.4, 0.5) is 4.79 Å². The molecule has 33 heavy (non-hydrogen) atoms. The number of fused-ring (bicyclic) bond motifs is 11. The number of carbonyl (C=O) groups excluding carboxylic acids is 1. The Labute approximate surface area is 197 Å². The summed E-state index contributed by atoms with van der Waals surface area (Å²) < 4.78 is 10.5. The van der Waals surface area contributed by atoms with E-state index in [0.29, 0.717) is 17.8 Å². The summed E-state index contributed by atoms with van der Waals surface area (Å²) in [5, 5.41) is 7.97. The molecule has 160 valence electrons. The first-order valence-electron chi connectivity index (χ1n) is 11.3. The first-order valence-corrected chi connectivity index (χ1v) is 12.9. The fourth-order valence-electron chi connectivity index (χ4n) is 6.17. The summed E-state index contributed by atoms with van der Waals surface area (Å²) >= 11 is 3.82. The maximum absolute atomic E-state index is 12.2. The number of methoxy groups -OCH3 is 1. The third-order valence-corrected chi connectivity index (χ3v) is 10.3. The van der Waals surface area contributed by atoms with Crippen LogP contribution in [-0.4, -0.2) is 24.1 Å². The monoisotopic (exact) mass is 465 g/mol. The molecule has 1 aliphatic heterocycles. The topological polar surface area (TPSA) is 29.5 Å². The molecule has 2 aromatic heterocycles. The highest BCUT2D eigenvalue weighted by molar-refractivity contribution is 7.36. The van der Waals surface area contributed by atoms with Crippen molar-refractivity contribution in [2.75, 3.05) is 7.11 Å². The number of amides is 1. The molecule has 8 rings (SSSR count). The van der Waals surface area contributed by atoms with Crippen molar-refractivity contribution >= 4 is 81.3 Å². The first kappa shape index (κ1) is 18.3. The van der Waals surface area contributed by atoms with Crippen LogP contribution in [-0.2, 0) is 4.74 Å². The molecule has 3 nitrogen and oxygen atoms in total. The van der Waals surface area contributed by atoms with Gasteiger partial charge in [0.05, 0.1) is 22.6 Å². The van der Waals surface area contributed by atoms with Gasteiger partial charge in [-0.2, -0.15) is 0 Å². The molecule has 0 spiro atoms. The van der Waals surface area contributed by atoms with Gasteiger partial charge in [-0.15, -0.1) is 22.7 Å². The quantitative estimate of drug-likeness (QED) is 0.288. The Hall–Kier alpha value is -3.15. The van der Waals surface area contributed by atoms with Gasteiger partial charge in [0.15, 0.2) is 0 Å². The van der Waals surface area contributed by atoms with E-state index < -0.39 is 0 Å². The van der Waals surface area contributed by atoms with E-state index in [1.165, 1.54) is 57.9 Å². The second-order valence-corrected chi connectivity index (χ2v) is 11.4. The predicted octanol–water partition coefficient (Wildman–Crippen LogP) is 5.82. The standard InChI is InChI=1S/C28H19NO2S2/c1-31-28(30)29-7-6-18-19-9-16-11-22-24(13-17(16)10-20(19)25(18)29)33-26-21-8-14-4-2-3-5-15(14)12-23(21)32-27(22)26/h2-13,18-20,25H,1H3/t18?,19-,20-,25?/m0/s1. The molecule has 0 radical (unpaired) electrons. The van der Waals surface area contributed by atoms with E-state index >= 15 is 0 Å². The summed E-state index contributed by atoms with van der Waals surface area (Å²) in [6, 6.07) is 18.3. The Morgan fingerprint density at radius 3 is 2.30 bits per heavy atom. The van der Waals surface area contributed by atoms with Gasteiger partial charge in [-0.05, 0) is 51.4 Å². The molecular formula is C28H19NO2S2. The molecule has 5 aromatic rings. The molecule has 1 fully saturated rings. The fourth-order valence-corrected chi connectivity index (χ4v) is 8.87. The van der Waals surface area contributed by atoms with Crippen molar-refractivity contribution in [1.82, 2.24) is 4.90 Å². The van der Waals surface area contributed by atoms with Crippen molar-refractivity contribution in [3.63, 3.8) is 0 Å². The van der Waals surface area contributed by atoms with E-state index in [-0.39, 0.29) is 12.1 Å². The average Bonchev–Trinajstić information content (AvgIpc) is 3.49. The van der Waals surface area contributed by atoms with E-state index in [2.05, 4.69) is 66.8 Å². The smallest absolute Gasteiger partial charge is 0.413 e. The Kier molecular flexibility index (Phi) is 3.46. The van der Waals surface area contributed by atoms with E-state index in [0.717, 1.165) is 0 Å². The van der Waals surface area contributed by atoms with Crippen LogP contribution in [0, 0.1) is 17.8 Å². The number of carbonyl (C=O) groups is 1. The molecule has 0 bridgehead atoms. The number of thiophene rings is 2. The van der Waals surface area contributed by atoms with E-state index in [9.17, 15) is 4.79 Å². The second kappa shape index (κ2) is 6.25. The molecular weight excluding hydrogens is 446 g/mol. The van der Waals surface area contributed by atoms with Crippen LogP contribution in [0.2, 0.25) is 0 Å². The zero-order chi connectivity index (χ0) is 21.8. The molecule has 0 saturated heterocycles. The zero-order valence-corrected chi connectivity index (χ0v) is 19.5. The number of benzene rings is 3. The maximum Gasteiger partial charge on any atom is 0.413 e. The third kappa shape index (κ3) is 2.31. The van der Waals surface area contributed by atoms with E-state index in [4.69, 9.17) is 4.74 Å². The van der Waals surface area contributed by atoms with Gasteiger partial charge in [-0.1, -0.05) is 42.5 Å². The van der Waals surface area contributed by atoms with Crippen molar-refractivity contribution in [3.05, 3.63) is 71.2 Å². The molecule has 5 heteroatoms. The van der Waals surface area contributed by atoms with Crippen molar-refractivity contribution < 1.29 is 9.53 Å². The van der Waals surface area contributed by atoms with Crippen LogP contribution < -0.4 is 10.4 Å². The van der Waals surface area contributed by atoms with Gasteiger partial charge < -0.3 is 4.74 Å². The Morgan fingerprint density at radius 2 is 1.52 bits per heavy atom. The highest BCUT2D eigenvalue weighted by Gasteiger charge is 2.54. The lowest BCUT2D eigenvalue weighted by Gasteiger charge is -2.49. The summed E-state index contributed by atoms with van der Waals surface area (Å²) in [6.07, 6.45) is 8.66. The Bertz CT molecular complexity index is 1830. The maximum atomic E-state index is 12.2. The summed E-state index contributed by atoms with van der Waals surface area (Å²) in [5.41, 5.74) is 0. The van der Waals surface area contributed by atoms with E-state index in [1.807, 2.05) is 28.9 Å². The molecule has 1 amide bonds. The highest BCUT2D eigenvalue weighted by Crippen LogP contribution is 2.51. The summed E-state index contributed by atoms with van der Waals surface area (Å²) in [6.45, 7) is 0.